The average molecular weight is 462 g/mol. The molecule has 2 aliphatic heterocycles. The van der Waals surface area contributed by atoms with Crippen LogP contribution in [0.4, 0.5) is 5.69 Å². The number of carbonyl (C=O) groups excluding carboxylic acids is 2. The van der Waals surface area contributed by atoms with E-state index in [1.165, 1.54) is 11.8 Å². The van der Waals surface area contributed by atoms with E-state index in [2.05, 4.69) is 9.71 Å². The fourth-order valence-corrected chi connectivity index (χ4v) is 5.36. The number of amidine groups is 1. The summed E-state index contributed by atoms with van der Waals surface area (Å²) in [7, 11) is -1.87. The fraction of sp³-hybridized carbons (Fsp3) is 0.250. The van der Waals surface area contributed by atoms with E-state index < -0.39 is 28.5 Å². The maximum absolute atomic E-state index is 12.3. The van der Waals surface area contributed by atoms with Gasteiger partial charge in [-0.25, -0.2) is 13.2 Å². The van der Waals surface area contributed by atoms with Gasteiger partial charge in [-0.1, -0.05) is 12.1 Å². The summed E-state index contributed by atoms with van der Waals surface area (Å²) < 4.78 is 37.4. The van der Waals surface area contributed by atoms with E-state index in [4.69, 9.17) is 9.47 Å². The number of benzene rings is 2. The lowest BCUT2D eigenvalue weighted by atomic mass is 10.2. The number of esters is 1. The van der Waals surface area contributed by atoms with Crippen LogP contribution in [0.25, 0.3) is 0 Å². The number of fused-ring (bicyclic) bond motifs is 3. The van der Waals surface area contributed by atoms with Gasteiger partial charge in [-0.15, -0.1) is 4.40 Å². The minimum Gasteiger partial charge on any atom is -0.497 e. The van der Waals surface area contributed by atoms with Crippen molar-refractivity contribution in [3.05, 3.63) is 53.6 Å². The molecule has 0 unspecified atom stereocenters. The zero-order chi connectivity index (χ0) is 22.0. The number of methoxy groups -OCH3 is 1. The molecule has 1 amide bonds. The average Bonchev–Trinajstić information content (AvgIpc) is 3.11. The van der Waals surface area contributed by atoms with E-state index in [9.17, 15) is 18.0 Å². The topological polar surface area (TPSA) is 114 Å². The quantitative estimate of drug-likeness (QED) is 0.648. The molecule has 9 nitrogen and oxygen atoms in total. The minimum atomic E-state index is -3.45. The Kier molecular flexibility index (Phi) is 5.88. The summed E-state index contributed by atoms with van der Waals surface area (Å²) in [6.07, 6.45) is 0. The Balaban J connectivity index is 1.32. The van der Waals surface area contributed by atoms with Gasteiger partial charge in [0.25, 0.3) is 15.9 Å². The van der Waals surface area contributed by atoms with Crippen LogP contribution in [-0.4, -0.2) is 51.5 Å². The van der Waals surface area contributed by atoms with Crippen LogP contribution >= 0.6 is 11.8 Å². The normalized spacial score (nSPS) is 16.0. The third-order valence-corrected chi connectivity index (χ3v) is 7.00. The predicted octanol–water partition coefficient (Wildman–Crippen LogP) is 1.78. The van der Waals surface area contributed by atoms with Crippen LogP contribution < -0.4 is 15.0 Å². The third-order valence-electron chi connectivity index (χ3n) is 4.69. The molecule has 4 rings (SSSR count). The van der Waals surface area contributed by atoms with Gasteiger partial charge in [0.05, 0.1) is 24.1 Å². The van der Waals surface area contributed by atoms with Crippen LogP contribution in [0, 0.1) is 0 Å². The molecular formula is C20H19N3O6S2. The fourth-order valence-electron chi connectivity index (χ4n) is 3.07. The van der Waals surface area contributed by atoms with Gasteiger partial charge >= 0.3 is 5.97 Å². The number of thioether (sulfide) groups is 1. The molecular weight excluding hydrogens is 442 g/mol. The molecule has 0 radical (unpaired) electrons. The second-order valence-electron chi connectivity index (χ2n) is 6.80. The van der Waals surface area contributed by atoms with Crippen LogP contribution in [0.15, 0.2) is 51.8 Å². The third kappa shape index (κ3) is 4.83. The molecule has 0 aliphatic carbocycles. The molecule has 1 N–H and O–H groups in total. The van der Waals surface area contributed by atoms with E-state index in [-0.39, 0.29) is 11.3 Å². The zero-order valence-electron chi connectivity index (χ0n) is 16.5. The lowest BCUT2D eigenvalue weighted by Crippen LogP contribution is -2.35. The predicted molar refractivity (Wildman–Crippen MR) is 116 cm³/mol. The van der Waals surface area contributed by atoms with Crippen LogP contribution in [0.3, 0.4) is 0 Å². The summed E-state index contributed by atoms with van der Waals surface area (Å²) in [5.41, 5.74) is 1.96. The monoisotopic (exact) mass is 461 g/mol. The number of rotatable bonds is 6. The Morgan fingerprint density at radius 3 is 2.71 bits per heavy atom. The molecule has 0 aromatic heterocycles. The Labute approximate surface area is 183 Å². The number of sulfonamides is 1. The van der Waals surface area contributed by atoms with Gasteiger partial charge in [-0.3, -0.25) is 4.79 Å². The number of nitrogens with zero attached hydrogens (tertiary/aromatic N) is 2. The van der Waals surface area contributed by atoms with E-state index in [1.807, 2.05) is 17.0 Å². The molecule has 0 saturated carbocycles. The molecule has 2 heterocycles. The highest BCUT2D eigenvalue weighted by molar-refractivity contribution is 8.15. The van der Waals surface area contributed by atoms with Crippen molar-refractivity contribution < 1.29 is 27.5 Å². The van der Waals surface area contributed by atoms with Crippen molar-refractivity contribution >= 4 is 44.5 Å². The number of ether oxygens (including phenoxy) is 2. The molecule has 2 aromatic rings. The first-order chi connectivity index (χ1) is 14.8. The molecule has 0 bridgehead atoms. The van der Waals surface area contributed by atoms with E-state index in [0.717, 1.165) is 17.0 Å². The molecule has 0 saturated heterocycles. The van der Waals surface area contributed by atoms with Crippen molar-refractivity contribution in [2.45, 2.75) is 11.4 Å². The molecule has 11 heteroatoms. The Hall–Kier alpha value is -3.05. The maximum atomic E-state index is 12.3. The van der Waals surface area contributed by atoms with Gasteiger partial charge in [0.2, 0.25) is 0 Å². The summed E-state index contributed by atoms with van der Waals surface area (Å²) in [5.74, 6) is -0.383. The summed E-state index contributed by atoms with van der Waals surface area (Å²) in [6.45, 7) is 0.215. The lowest BCUT2D eigenvalue weighted by molar-refractivity contribution is -0.124. The van der Waals surface area contributed by atoms with Gasteiger partial charge in [0.15, 0.2) is 11.8 Å². The largest absolute Gasteiger partial charge is 0.497 e. The van der Waals surface area contributed by atoms with Crippen molar-refractivity contribution in [3.8, 4) is 5.75 Å². The summed E-state index contributed by atoms with van der Waals surface area (Å²) in [4.78, 5) is 26.9. The van der Waals surface area contributed by atoms with E-state index in [0.29, 0.717) is 23.2 Å². The van der Waals surface area contributed by atoms with Gasteiger partial charge in [0, 0.05) is 18.0 Å². The highest BCUT2D eigenvalue weighted by atomic mass is 32.2. The molecule has 0 fully saturated rings. The first-order valence-electron chi connectivity index (χ1n) is 9.33. The summed E-state index contributed by atoms with van der Waals surface area (Å²) >= 11 is 1.19. The molecule has 0 atom stereocenters. The standard InChI is InChI=1S/C20H19N3O6S2/c1-28-15-5-2-13(3-6-15)11-21-18(24)12-29-19(25)14-4-7-16-17(10-14)30-20-22-31(26,27)9-8-23(16)20/h2-7,10H,8-9,11-12H2,1H3,(H,21,24). The van der Waals surface area contributed by atoms with Gasteiger partial charge in [-0.05, 0) is 47.7 Å². The van der Waals surface area contributed by atoms with Crippen molar-refractivity contribution in [2.75, 3.05) is 30.9 Å². The van der Waals surface area contributed by atoms with Gasteiger partial charge in [-0.2, -0.15) is 0 Å². The Morgan fingerprint density at radius 2 is 1.97 bits per heavy atom. The van der Waals surface area contributed by atoms with Crippen LogP contribution in [-0.2, 0) is 26.1 Å². The van der Waals surface area contributed by atoms with Gasteiger partial charge in [0.1, 0.15) is 5.75 Å². The molecule has 31 heavy (non-hydrogen) atoms. The second kappa shape index (κ2) is 8.60. The zero-order valence-corrected chi connectivity index (χ0v) is 18.2. The lowest BCUT2D eigenvalue weighted by Gasteiger charge is -2.22. The summed E-state index contributed by atoms with van der Waals surface area (Å²) in [5, 5.41) is 3.07. The summed E-state index contributed by atoms with van der Waals surface area (Å²) in [6, 6.07) is 12.2. The van der Waals surface area contributed by atoms with Crippen LogP contribution in [0.2, 0.25) is 0 Å². The minimum absolute atomic E-state index is 0.0497. The smallest absolute Gasteiger partial charge is 0.338 e. The number of anilines is 1. The molecule has 2 aromatic carbocycles. The second-order valence-corrected chi connectivity index (χ2v) is 9.56. The van der Waals surface area contributed by atoms with E-state index >= 15 is 0 Å². The SMILES string of the molecule is COc1ccc(CNC(=O)COC(=O)c2ccc3c(c2)SC2=NS(=O)(=O)CCN23)cc1. The first-order valence-corrected chi connectivity index (χ1v) is 11.8. The van der Waals surface area contributed by atoms with E-state index in [1.54, 1.807) is 37.4 Å². The number of hydrogen-bond donors (Lipinski definition) is 1. The number of carbonyl (C=O) groups is 2. The number of amides is 1. The Bertz CT molecular complexity index is 1160. The molecule has 162 valence electrons. The van der Waals surface area contributed by atoms with Crippen molar-refractivity contribution in [1.29, 1.82) is 0 Å². The molecule has 0 spiro atoms. The van der Waals surface area contributed by atoms with Crippen molar-refractivity contribution in [1.82, 2.24) is 5.32 Å². The van der Waals surface area contributed by atoms with Gasteiger partial charge < -0.3 is 19.7 Å². The first kappa shape index (κ1) is 21.2. The van der Waals surface area contributed by atoms with Crippen molar-refractivity contribution in [2.24, 2.45) is 4.40 Å². The highest BCUT2D eigenvalue weighted by Crippen LogP contribution is 2.42. The van der Waals surface area contributed by atoms with Crippen LogP contribution in [0.1, 0.15) is 15.9 Å². The van der Waals surface area contributed by atoms with Crippen molar-refractivity contribution in [3.63, 3.8) is 0 Å². The molecule has 2 aliphatic rings. The maximum Gasteiger partial charge on any atom is 0.338 e. The number of hydrogen-bond acceptors (Lipinski definition) is 8. The number of nitrogens with one attached hydrogen (secondary N) is 1. The Morgan fingerprint density at radius 1 is 1.19 bits per heavy atom. The highest BCUT2D eigenvalue weighted by Gasteiger charge is 2.33. The van der Waals surface area contributed by atoms with Crippen LogP contribution in [0.5, 0.6) is 5.75 Å².